The summed E-state index contributed by atoms with van der Waals surface area (Å²) in [7, 11) is 0. The number of carbonyl (C=O) groups excluding carboxylic acids is 1. The number of benzene rings is 1. The molecule has 0 fully saturated rings. The van der Waals surface area contributed by atoms with Gasteiger partial charge in [-0.1, -0.05) is 29.2 Å². The van der Waals surface area contributed by atoms with Gasteiger partial charge < -0.3 is 15.6 Å². The lowest BCUT2D eigenvalue weighted by atomic mass is 10.3. The Kier molecular flexibility index (Phi) is 5.70. The van der Waals surface area contributed by atoms with Crippen LogP contribution in [0.25, 0.3) is 10.2 Å². The smallest absolute Gasteiger partial charge is 0.275 e. The number of thiazole rings is 1. The van der Waals surface area contributed by atoms with E-state index in [1.807, 2.05) is 0 Å². The van der Waals surface area contributed by atoms with E-state index in [0.717, 1.165) is 23.1 Å². The van der Waals surface area contributed by atoms with Crippen molar-refractivity contribution in [3.05, 3.63) is 57.4 Å². The number of anilines is 2. The highest BCUT2D eigenvalue weighted by Gasteiger charge is 2.14. The molecule has 1 amide bonds. The Morgan fingerprint density at radius 2 is 2.21 bits per heavy atom. The summed E-state index contributed by atoms with van der Waals surface area (Å²) in [4.78, 5) is 42.3. The number of non-ortho nitro benzene ring substituents is 1. The predicted octanol–water partition coefficient (Wildman–Crippen LogP) is 2.26. The Morgan fingerprint density at radius 1 is 1.43 bits per heavy atom. The molecule has 3 aromatic rings. The number of nitro groups is 1. The van der Waals surface area contributed by atoms with Gasteiger partial charge in [0.1, 0.15) is 5.82 Å². The van der Waals surface area contributed by atoms with Gasteiger partial charge in [-0.2, -0.15) is 4.98 Å². The minimum absolute atomic E-state index is 0.0247. The number of nitrogens with one attached hydrogen (secondary N) is 1. The molecule has 144 valence electrons. The molecule has 0 aliphatic heterocycles. The molecule has 0 saturated heterocycles. The van der Waals surface area contributed by atoms with Crippen molar-refractivity contribution in [3.63, 3.8) is 0 Å². The van der Waals surface area contributed by atoms with Crippen molar-refractivity contribution in [2.24, 2.45) is 0 Å². The monoisotopic (exact) mass is 418 g/mol. The van der Waals surface area contributed by atoms with E-state index in [9.17, 15) is 19.7 Å². The molecule has 0 unspecified atom stereocenters. The second-order valence-electron chi connectivity index (χ2n) is 5.47. The van der Waals surface area contributed by atoms with Crippen LogP contribution in [0.1, 0.15) is 0 Å². The molecule has 0 radical (unpaired) electrons. The largest absolute Gasteiger partial charge is 0.385 e. The molecule has 12 heteroatoms. The molecule has 0 aliphatic rings. The van der Waals surface area contributed by atoms with Gasteiger partial charge in [0.15, 0.2) is 10.3 Å². The number of hydrogen-bond donors (Lipinski definition) is 2. The number of carbonyl (C=O) groups is 1. The Hall–Kier alpha value is -3.25. The molecule has 0 atom stereocenters. The lowest BCUT2D eigenvalue weighted by Gasteiger charge is -2.12. The summed E-state index contributed by atoms with van der Waals surface area (Å²) in [6.07, 6.45) is 1.60. The van der Waals surface area contributed by atoms with E-state index in [2.05, 4.69) is 21.9 Å². The van der Waals surface area contributed by atoms with E-state index in [-0.39, 0.29) is 23.2 Å². The molecule has 3 N–H and O–H groups in total. The Bertz CT molecular complexity index is 1140. The SMILES string of the molecule is C=CCn1c(N)cc(=O)nc1SCC(=O)Nc1nc2ccc([N+](=O)[O-])cc2s1. The minimum Gasteiger partial charge on any atom is -0.385 e. The van der Waals surface area contributed by atoms with E-state index < -0.39 is 10.5 Å². The highest BCUT2D eigenvalue weighted by atomic mass is 32.2. The van der Waals surface area contributed by atoms with Crippen LogP contribution < -0.4 is 16.6 Å². The van der Waals surface area contributed by atoms with Crippen LogP contribution in [0.5, 0.6) is 0 Å². The highest BCUT2D eigenvalue weighted by molar-refractivity contribution is 7.99. The van der Waals surface area contributed by atoms with Crippen LogP contribution in [0, 0.1) is 10.1 Å². The third-order valence-electron chi connectivity index (χ3n) is 3.49. The van der Waals surface area contributed by atoms with Crippen LogP contribution in [0.2, 0.25) is 0 Å². The zero-order valence-corrected chi connectivity index (χ0v) is 16.0. The second kappa shape index (κ2) is 8.19. The number of aromatic nitrogens is 3. The van der Waals surface area contributed by atoms with Gasteiger partial charge in [0, 0.05) is 24.7 Å². The topological polar surface area (TPSA) is 146 Å². The van der Waals surface area contributed by atoms with Crippen molar-refractivity contribution in [3.8, 4) is 0 Å². The maximum atomic E-state index is 12.2. The fourth-order valence-electron chi connectivity index (χ4n) is 2.29. The van der Waals surface area contributed by atoms with Gasteiger partial charge in [-0.25, -0.2) is 4.98 Å². The quantitative estimate of drug-likeness (QED) is 0.195. The van der Waals surface area contributed by atoms with Crippen LogP contribution in [0.3, 0.4) is 0 Å². The van der Waals surface area contributed by atoms with Crippen molar-refractivity contribution in [1.29, 1.82) is 0 Å². The molecule has 0 aliphatic carbocycles. The summed E-state index contributed by atoms with van der Waals surface area (Å²) in [6.45, 7) is 3.98. The minimum atomic E-state index is -0.492. The number of nitro benzene ring substituents is 1. The van der Waals surface area contributed by atoms with E-state index in [1.165, 1.54) is 24.3 Å². The number of allylic oxidation sites excluding steroid dienone is 1. The fraction of sp³-hybridized carbons (Fsp3) is 0.125. The van der Waals surface area contributed by atoms with Crippen LogP contribution >= 0.6 is 23.1 Å². The molecule has 2 heterocycles. The van der Waals surface area contributed by atoms with Crippen LogP contribution in [-0.2, 0) is 11.3 Å². The number of amides is 1. The number of nitrogens with zero attached hydrogens (tertiary/aromatic N) is 4. The molecule has 0 bridgehead atoms. The van der Waals surface area contributed by atoms with Gasteiger partial charge in [0.25, 0.3) is 11.2 Å². The summed E-state index contributed by atoms with van der Waals surface area (Å²) >= 11 is 2.19. The molecule has 10 nitrogen and oxygen atoms in total. The first kappa shape index (κ1) is 19.5. The average molecular weight is 418 g/mol. The maximum absolute atomic E-state index is 12.2. The van der Waals surface area contributed by atoms with Crippen LogP contribution in [-0.4, -0.2) is 31.1 Å². The molecule has 1 aromatic carbocycles. The molecular formula is C16H14N6O4S2. The number of rotatable bonds is 7. The normalized spacial score (nSPS) is 10.7. The Labute approximate surface area is 166 Å². The third kappa shape index (κ3) is 4.35. The number of nitrogen functional groups attached to an aromatic ring is 1. The second-order valence-corrected chi connectivity index (χ2v) is 7.44. The van der Waals surface area contributed by atoms with Gasteiger partial charge >= 0.3 is 0 Å². The lowest BCUT2D eigenvalue weighted by Crippen LogP contribution is -2.19. The summed E-state index contributed by atoms with van der Waals surface area (Å²) in [5, 5.41) is 14.1. The zero-order chi connectivity index (χ0) is 20.3. The first-order chi connectivity index (χ1) is 13.4. The van der Waals surface area contributed by atoms with E-state index in [0.29, 0.717) is 27.0 Å². The highest BCUT2D eigenvalue weighted by Crippen LogP contribution is 2.29. The Balaban J connectivity index is 1.71. The first-order valence-electron chi connectivity index (χ1n) is 7.83. The Morgan fingerprint density at radius 3 is 2.93 bits per heavy atom. The van der Waals surface area contributed by atoms with Crippen molar-refractivity contribution >= 4 is 55.9 Å². The molecule has 2 aromatic heterocycles. The van der Waals surface area contributed by atoms with Gasteiger partial charge in [0.05, 0.1) is 20.9 Å². The van der Waals surface area contributed by atoms with E-state index in [4.69, 9.17) is 5.73 Å². The van der Waals surface area contributed by atoms with Gasteiger partial charge in [-0.15, -0.1) is 6.58 Å². The van der Waals surface area contributed by atoms with Crippen molar-refractivity contribution < 1.29 is 9.72 Å². The lowest BCUT2D eigenvalue weighted by molar-refractivity contribution is -0.384. The number of nitrogens with two attached hydrogens (primary N) is 1. The molecular weight excluding hydrogens is 404 g/mol. The number of hydrogen-bond acceptors (Lipinski definition) is 9. The van der Waals surface area contributed by atoms with Crippen LogP contribution in [0.4, 0.5) is 16.6 Å². The predicted molar refractivity (Wildman–Crippen MR) is 109 cm³/mol. The van der Waals surface area contributed by atoms with Gasteiger partial charge in [0.2, 0.25) is 5.91 Å². The molecule has 3 rings (SSSR count). The van der Waals surface area contributed by atoms with Crippen molar-refractivity contribution in [2.45, 2.75) is 11.7 Å². The van der Waals surface area contributed by atoms with Crippen molar-refractivity contribution in [2.75, 3.05) is 16.8 Å². The van der Waals surface area contributed by atoms with Gasteiger partial charge in [-0.05, 0) is 6.07 Å². The number of fused-ring (bicyclic) bond motifs is 1. The standard InChI is InChI=1S/C16H14N6O4S2/c1-2-5-21-12(17)7-13(23)20-16(21)27-8-14(24)19-15-18-10-4-3-9(22(25)26)6-11(10)28-15/h2-4,6-7H,1,5,8,17H2,(H,18,19,24). The summed E-state index contributed by atoms with van der Waals surface area (Å²) < 4.78 is 2.16. The van der Waals surface area contributed by atoms with Crippen molar-refractivity contribution in [1.82, 2.24) is 14.5 Å². The first-order valence-corrected chi connectivity index (χ1v) is 9.63. The third-order valence-corrected chi connectivity index (χ3v) is 5.40. The maximum Gasteiger partial charge on any atom is 0.275 e. The zero-order valence-electron chi connectivity index (χ0n) is 14.3. The summed E-state index contributed by atoms with van der Waals surface area (Å²) in [5.74, 6) is -0.153. The van der Waals surface area contributed by atoms with E-state index in [1.54, 1.807) is 10.6 Å². The van der Waals surface area contributed by atoms with Crippen LogP contribution in [0.15, 0.2) is 46.9 Å². The summed E-state index contributed by atoms with van der Waals surface area (Å²) in [6, 6.07) is 5.49. The molecule has 28 heavy (non-hydrogen) atoms. The average Bonchev–Trinajstić information content (AvgIpc) is 3.03. The summed E-state index contributed by atoms with van der Waals surface area (Å²) in [5.41, 5.74) is 5.84. The number of thioether (sulfide) groups is 1. The van der Waals surface area contributed by atoms with E-state index >= 15 is 0 Å². The molecule has 0 spiro atoms. The van der Waals surface area contributed by atoms with Gasteiger partial charge in [-0.3, -0.25) is 19.7 Å². The molecule has 0 saturated carbocycles. The fourth-order valence-corrected chi connectivity index (χ4v) is 4.03.